The van der Waals surface area contributed by atoms with Crippen molar-refractivity contribution in [1.82, 2.24) is 0 Å². The minimum atomic E-state index is -0.0928. The van der Waals surface area contributed by atoms with Gasteiger partial charge in [-0.25, -0.2) is 0 Å². The third kappa shape index (κ3) is 6.70. The number of nitrogens with two attached hydrogens (primary N) is 2. The molecule has 0 radical (unpaired) electrons. The second-order valence-electron chi connectivity index (χ2n) is 6.24. The molecule has 0 aromatic carbocycles. The molecule has 6 N–H and O–H groups in total. The molecule has 0 spiro atoms. The third-order valence-electron chi connectivity index (χ3n) is 4.33. The Morgan fingerprint density at radius 1 is 0.737 bits per heavy atom. The molecule has 0 aliphatic heterocycles. The molecule has 4 nitrogen and oxygen atoms in total. The van der Waals surface area contributed by atoms with Crippen LogP contribution in [-0.2, 0) is 0 Å². The van der Waals surface area contributed by atoms with E-state index in [2.05, 4.69) is 13.8 Å². The Labute approximate surface area is 118 Å². The highest BCUT2D eigenvalue weighted by Crippen LogP contribution is 2.23. The summed E-state index contributed by atoms with van der Waals surface area (Å²) in [4.78, 5) is 0. The van der Waals surface area contributed by atoms with E-state index in [9.17, 15) is 10.2 Å². The van der Waals surface area contributed by atoms with Crippen LogP contribution < -0.4 is 11.5 Å². The minimum absolute atomic E-state index is 0. The molecule has 116 valence electrons. The van der Waals surface area contributed by atoms with E-state index >= 15 is 0 Å². The lowest BCUT2D eigenvalue weighted by atomic mass is 9.85. The summed E-state index contributed by atoms with van der Waals surface area (Å²) in [5, 5.41) is 18.5. The quantitative estimate of drug-likeness (QED) is 0.540. The number of hydrogen-bond donors (Lipinski definition) is 4. The van der Waals surface area contributed by atoms with Gasteiger partial charge in [0.25, 0.3) is 0 Å². The second-order valence-corrected chi connectivity index (χ2v) is 6.24. The van der Waals surface area contributed by atoms with Crippen molar-refractivity contribution in [3.8, 4) is 0 Å². The lowest BCUT2D eigenvalue weighted by Crippen LogP contribution is -2.34. The molecule has 2 rings (SSSR count). The first-order valence-corrected chi connectivity index (χ1v) is 7.27. The fourth-order valence-electron chi connectivity index (χ4n) is 2.84. The highest BCUT2D eigenvalue weighted by molar-refractivity contribution is 4.79. The van der Waals surface area contributed by atoms with Crippen molar-refractivity contribution in [2.75, 3.05) is 0 Å². The summed E-state index contributed by atoms with van der Waals surface area (Å²) in [6.07, 6.45) is 5.55. The molecule has 19 heavy (non-hydrogen) atoms. The van der Waals surface area contributed by atoms with Gasteiger partial charge in [0.15, 0.2) is 0 Å². The fraction of sp³-hybridized carbons (Fsp3) is 1.00. The van der Waals surface area contributed by atoms with Gasteiger partial charge in [-0.3, -0.25) is 0 Å². The highest BCUT2D eigenvalue weighted by atomic mass is 16.3. The first kappa shape index (κ1) is 18.8. The fourth-order valence-corrected chi connectivity index (χ4v) is 2.84. The Morgan fingerprint density at radius 3 is 1.26 bits per heavy atom. The molecule has 0 aromatic rings. The number of aliphatic hydroxyl groups is 2. The Bertz CT molecular complexity index is 214. The molecule has 0 bridgehead atoms. The van der Waals surface area contributed by atoms with Crippen molar-refractivity contribution in [1.29, 1.82) is 0 Å². The SMILES string of the molecule is C.C[C@@H]1C[C@H](N)CC[C@H]1O.C[C@H]1C[C@@H](N)CC[C@@H]1O. The van der Waals surface area contributed by atoms with E-state index in [1.165, 1.54) is 0 Å². The Hall–Kier alpha value is -0.160. The van der Waals surface area contributed by atoms with Crippen LogP contribution in [0.4, 0.5) is 0 Å². The van der Waals surface area contributed by atoms with Gasteiger partial charge in [-0.05, 0) is 50.4 Å². The van der Waals surface area contributed by atoms with Crippen molar-refractivity contribution in [2.24, 2.45) is 23.3 Å². The van der Waals surface area contributed by atoms with Crippen molar-refractivity contribution in [3.05, 3.63) is 0 Å². The summed E-state index contributed by atoms with van der Waals surface area (Å²) >= 11 is 0. The summed E-state index contributed by atoms with van der Waals surface area (Å²) in [6, 6.07) is 0.673. The monoisotopic (exact) mass is 274 g/mol. The predicted molar refractivity (Wildman–Crippen MR) is 80.7 cm³/mol. The zero-order valence-electron chi connectivity index (χ0n) is 11.8. The first-order chi connectivity index (χ1) is 8.40. The van der Waals surface area contributed by atoms with E-state index in [1.807, 2.05) is 0 Å². The summed E-state index contributed by atoms with van der Waals surface area (Å²) < 4.78 is 0. The van der Waals surface area contributed by atoms with Gasteiger partial charge in [0, 0.05) is 12.1 Å². The normalized spacial score (nSPS) is 42.6. The maximum absolute atomic E-state index is 9.24. The molecule has 0 heterocycles. The van der Waals surface area contributed by atoms with Gasteiger partial charge >= 0.3 is 0 Å². The van der Waals surface area contributed by atoms with Crippen molar-refractivity contribution in [3.63, 3.8) is 0 Å². The van der Waals surface area contributed by atoms with Crippen LogP contribution in [0, 0.1) is 11.8 Å². The van der Waals surface area contributed by atoms with E-state index in [4.69, 9.17) is 11.5 Å². The van der Waals surface area contributed by atoms with E-state index in [1.54, 1.807) is 0 Å². The summed E-state index contributed by atoms with van der Waals surface area (Å²) in [7, 11) is 0. The molecule has 4 heteroatoms. The Kier molecular flexibility index (Phi) is 8.83. The van der Waals surface area contributed by atoms with Crippen LogP contribution in [0.2, 0.25) is 0 Å². The van der Waals surface area contributed by atoms with Crippen LogP contribution in [0.25, 0.3) is 0 Å². The van der Waals surface area contributed by atoms with Gasteiger partial charge in [0.05, 0.1) is 12.2 Å². The number of rotatable bonds is 0. The Morgan fingerprint density at radius 2 is 1.05 bits per heavy atom. The molecule has 0 amide bonds. The van der Waals surface area contributed by atoms with Gasteiger partial charge in [-0.2, -0.15) is 0 Å². The second kappa shape index (κ2) is 8.90. The van der Waals surface area contributed by atoms with E-state index < -0.39 is 0 Å². The van der Waals surface area contributed by atoms with Crippen LogP contribution in [0.3, 0.4) is 0 Å². The van der Waals surface area contributed by atoms with Gasteiger partial charge in [-0.15, -0.1) is 0 Å². The van der Waals surface area contributed by atoms with E-state index in [0.717, 1.165) is 38.5 Å². The third-order valence-corrected chi connectivity index (χ3v) is 4.33. The average Bonchev–Trinajstić information content (AvgIpc) is 2.30. The summed E-state index contributed by atoms with van der Waals surface area (Å²) in [5.41, 5.74) is 11.4. The zero-order valence-corrected chi connectivity index (χ0v) is 11.8. The topological polar surface area (TPSA) is 92.5 Å². The van der Waals surface area contributed by atoms with Crippen LogP contribution in [-0.4, -0.2) is 34.5 Å². The molecular weight excluding hydrogens is 240 g/mol. The molecule has 2 saturated carbocycles. The lowest BCUT2D eigenvalue weighted by Gasteiger charge is -2.28. The van der Waals surface area contributed by atoms with Crippen LogP contribution in [0.1, 0.15) is 59.8 Å². The average molecular weight is 274 g/mol. The summed E-state index contributed by atoms with van der Waals surface area (Å²) in [6.45, 7) is 4.12. The molecular formula is C15H34N2O2. The van der Waals surface area contributed by atoms with Gasteiger partial charge in [0.2, 0.25) is 0 Å². The lowest BCUT2D eigenvalue weighted by molar-refractivity contribution is 0.0720. The number of hydrogen-bond acceptors (Lipinski definition) is 4. The maximum atomic E-state index is 9.24. The minimum Gasteiger partial charge on any atom is -0.393 e. The maximum Gasteiger partial charge on any atom is 0.0566 e. The molecule has 6 atom stereocenters. The summed E-state index contributed by atoms with van der Waals surface area (Å²) in [5.74, 6) is 0.822. The molecule has 2 aliphatic rings. The molecule has 2 fully saturated rings. The van der Waals surface area contributed by atoms with Gasteiger partial charge in [-0.1, -0.05) is 21.3 Å². The zero-order chi connectivity index (χ0) is 13.7. The number of aliphatic hydroxyl groups excluding tert-OH is 2. The van der Waals surface area contributed by atoms with Crippen molar-refractivity contribution < 1.29 is 10.2 Å². The molecule has 0 aromatic heterocycles. The van der Waals surface area contributed by atoms with Crippen molar-refractivity contribution in [2.45, 2.75) is 84.1 Å². The molecule has 2 aliphatic carbocycles. The standard InChI is InChI=1S/2C7H15NO.CH4/c2*1-5-4-6(8)2-3-7(5)9;/h2*5-7,9H,2-4,8H2,1H3;1H4/t2*5-,6-,7-;/m10./s1. The first-order valence-electron chi connectivity index (χ1n) is 7.27. The Balaban J connectivity index is 0.000000324. The molecule has 0 saturated heterocycles. The van der Waals surface area contributed by atoms with Crippen LogP contribution in [0.5, 0.6) is 0 Å². The van der Waals surface area contributed by atoms with Gasteiger partial charge < -0.3 is 21.7 Å². The largest absolute Gasteiger partial charge is 0.393 e. The van der Waals surface area contributed by atoms with Crippen LogP contribution in [0.15, 0.2) is 0 Å². The van der Waals surface area contributed by atoms with E-state index in [0.29, 0.717) is 23.9 Å². The van der Waals surface area contributed by atoms with Gasteiger partial charge in [0.1, 0.15) is 0 Å². The smallest absolute Gasteiger partial charge is 0.0566 e. The van der Waals surface area contributed by atoms with E-state index in [-0.39, 0.29) is 19.6 Å². The highest BCUT2D eigenvalue weighted by Gasteiger charge is 2.23. The van der Waals surface area contributed by atoms with Crippen molar-refractivity contribution >= 4 is 0 Å². The molecule has 0 unspecified atom stereocenters. The predicted octanol–water partition coefficient (Wildman–Crippen LogP) is 1.63. The van der Waals surface area contributed by atoms with Crippen LogP contribution >= 0.6 is 0 Å².